The van der Waals surface area contributed by atoms with Gasteiger partial charge in [0.05, 0.1) is 0 Å². The summed E-state index contributed by atoms with van der Waals surface area (Å²) in [5.74, 6) is -0.942. The first-order chi connectivity index (χ1) is 10.0. The Bertz CT molecular complexity index is 297. The van der Waals surface area contributed by atoms with Crippen molar-refractivity contribution in [1.29, 1.82) is 0 Å². The number of carboxylic acids is 1. The number of nitrogens with zero attached hydrogens (tertiary/aromatic N) is 1. The lowest BCUT2D eigenvalue weighted by atomic mass is 10.1. The number of hydrogen-bond donors (Lipinski definition) is 2. The molecule has 0 fully saturated rings. The van der Waals surface area contributed by atoms with E-state index in [1.54, 1.807) is 7.05 Å². The summed E-state index contributed by atoms with van der Waals surface area (Å²) in [7, 11) is 1.55. The third-order valence-electron chi connectivity index (χ3n) is 3.81. The minimum absolute atomic E-state index is 0.0978. The summed E-state index contributed by atoms with van der Waals surface area (Å²) in [5, 5.41) is 8.98. The number of thiol groups is 1. The maximum Gasteiger partial charge on any atom is 0.327 e. The molecule has 0 aliphatic heterocycles. The molecular weight excluding hydrogens is 286 g/mol. The number of hydrogen-bond acceptors (Lipinski definition) is 3. The quantitative estimate of drug-likeness (QED) is 0.402. The first-order valence-corrected chi connectivity index (χ1v) is 8.77. The highest BCUT2D eigenvalue weighted by atomic mass is 32.1. The molecule has 1 amide bonds. The number of likely N-dealkylation sites (N-methyl/N-ethyl adjacent to an activating group) is 1. The number of amides is 1. The Morgan fingerprint density at radius 2 is 1.48 bits per heavy atom. The Kier molecular flexibility index (Phi) is 12.5. The van der Waals surface area contributed by atoms with Gasteiger partial charge < -0.3 is 10.0 Å². The van der Waals surface area contributed by atoms with Crippen molar-refractivity contribution in [1.82, 2.24) is 4.90 Å². The van der Waals surface area contributed by atoms with E-state index in [2.05, 4.69) is 19.6 Å². The molecule has 1 atom stereocenters. The molecule has 0 saturated carbocycles. The van der Waals surface area contributed by atoms with Gasteiger partial charge in [-0.1, -0.05) is 58.3 Å². The first-order valence-electron chi connectivity index (χ1n) is 8.13. The number of carbonyl (C=O) groups is 2. The molecule has 0 aromatic rings. The lowest BCUT2D eigenvalue weighted by molar-refractivity contribution is -0.148. The molecule has 0 heterocycles. The summed E-state index contributed by atoms with van der Waals surface area (Å²) in [6, 6.07) is -0.820. The van der Waals surface area contributed by atoms with Crippen molar-refractivity contribution in [3.63, 3.8) is 0 Å². The topological polar surface area (TPSA) is 57.6 Å². The smallest absolute Gasteiger partial charge is 0.327 e. The highest BCUT2D eigenvalue weighted by molar-refractivity contribution is 7.80. The fourth-order valence-corrected chi connectivity index (χ4v) is 2.70. The molecule has 1 N–H and O–H groups in total. The van der Waals surface area contributed by atoms with Crippen molar-refractivity contribution in [2.75, 3.05) is 12.8 Å². The molecule has 5 heteroatoms. The molecular formula is C16H31NO3S. The van der Waals surface area contributed by atoms with Crippen molar-refractivity contribution in [2.24, 2.45) is 0 Å². The van der Waals surface area contributed by atoms with Crippen LogP contribution >= 0.6 is 12.6 Å². The first kappa shape index (κ1) is 20.3. The third-order valence-corrected chi connectivity index (χ3v) is 4.16. The zero-order valence-electron chi connectivity index (χ0n) is 13.5. The van der Waals surface area contributed by atoms with E-state index >= 15 is 0 Å². The van der Waals surface area contributed by atoms with Gasteiger partial charge in [0.1, 0.15) is 6.04 Å². The zero-order valence-corrected chi connectivity index (χ0v) is 14.4. The third kappa shape index (κ3) is 9.77. The van der Waals surface area contributed by atoms with Gasteiger partial charge in [0.25, 0.3) is 0 Å². The van der Waals surface area contributed by atoms with Crippen molar-refractivity contribution in [3.8, 4) is 0 Å². The minimum Gasteiger partial charge on any atom is -0.480 e. The average molecular weight is 317 g/mol. The summed E-state index contributed by atoms with van der Waals surface area (Å²) in [6.07, 6.45) is 11.3. The van der Waals surface area contributed by atoms with Crippen molar-refractivity contribution in [2.45, 2.75) is 77.2 Å². The molecule has 0 radical (unpaired) electrons. The van der Waals surface area contributed by atoms with Crippen LogP contribution in [0.4, 0.5) is 0 Å². The van der Waals surface area contributed by atoms with Crippen LogP contribution in [0.5, 0.6) is 0 Å². The molecule has 0 aliphatic carbocycles. The van der Waals surface area contributed by atoms with Gasteiger partial charge in [0.2, 0.25) is 5.91 Å². The molecule has 0 spiro atoms. The molecule has 0 aliphatic rings. The minimum atomic E-state index is -0.993. The second-order valence-corrected chi connectivity index (χ2v) is 5.98. The van der Waals surface area contributed by atoms with Crippen LogP contribution in [0, 0.1) is 0 Å². The van der Waals surface area contributed by atoms with E-state index in [9.17, 15) is 9.59 Å². The summed E-state index contributed by atoms with van der Waals surface area (Å²) >= 11 is 3.99. The van der Waals surface area contributed by atoms with Crippen molar-refractivity contribution in [3.05, 3.63) is 0 Å². The molecule has 124 valence electrons. The lowest BCUT2D eigenvalue weighted by Gasteiger charge is -2.23. The Morgan fingerprint density at radius 3 is 1.90 bits per heavy atom. The Balaban J connectivity index is 3.63. The molecule has 0 aromatic carbocycles. The predicted molar refractivity (Wildman–Crippen MR) is 89.9 cm³/mol. The SMILES string of the molecule is CCCCCCCCCCCC(=O)N(C)[C@@H](CS)C(=O)O. The van der Waals surface area contributed by atoms with Crippen LogP contribution in [-0.2, 0) is 9.59 Å². The molecule has 0 aromatic heterocycles. The van der Waals surface area contributed by atoms with Crippen molar-refractivity contribution < 1.29 is 14.7 Å². The Hall–Kier alpha value is -0.710. The maximum atomic E-state index is 11.9. The highest BCUT2D eigenvalue weighted by Crippen LogP contribution is 2.11. The molecule has 4 nitrogen and oxygen atoms in total. The standard InChI is InChI=1S/C16H31NO3S/c1-3-4-5-6-7-8-9-10-11-12-15(18)17(2)14(13-21)16(19)20/h14,21H,3-13H2,1-2H3,(H,19,20)/t14-/m0/s1. The number of unbranched alkanes of at least 4 members (excludes halogenated alkanes) is 8. The van der Waals surface area contributed by atoms with Gasteiger partial charge in [-0.15, -0.1) is 0 Å². The normalized spacial score (nSPS) is 12.1. The van der Waals surface area contributed by atoms with Crippen LogP contribution in [0.2, 0.25) is 0 Å². The molecule has 0 rings (SSSR count). The monoisotopic (exact) mass is 317 g/mol. The second-order valence-electron chi connectivity index (χ2n) is 5.62. The summed E-state index contributed by atoms with van der Waals surface area (Å²) < 4.78 is 0. The van der Waals surface area contributed by atoms with Gasteiger partial charge in [0.15, 0.2) is 0 Å². The van der Waals surface area contributed by atoms with Gasteiger partial charge in [0, 0.05) is 19.2 Å². The van der Waals surface area contributed by atoms with Gasteiger partial charge in [-0.25, -0.2) is 4.79 Å². The van der Waals surface area contributed by atoms with Crippen LogP contribution in [-0.4, -0.2) is 40.7 Å². The molecule has 0 unspecified atom stereocenters. The molecule has 0 bridgehead atoms. The van der Waals surface area contributed by atoms with E-state index in [1.165, 1.54) is 43.4 Å². The van der Waals surface area contributed by atoms with Crippen LogP contribution in [0.25, 0.3) is 0 Å². The fourth-order valence-electron chi connectivity index (χ4n) is 2.30. The van der Waals surface area contributed by atoms with E-state index in [-0.39, 0.29) is 11.7 Å². The van der Waals surface area contributed by atoms with E-state index in [0.29, 0.717) is 6.42 Å². The summed E-state index contributed by atoms with van der Waals surface area (Å²) in [5.41, 5.74) is 0. The average Bonchev–Trinajstić information content (AvgIpc) is 2.45. The van der Waals surface area contributed by atoms with Gasteiger partial charge in [-0.05, 0) is 6.42 Å². The highest BCUT2D eigenvalue weighted by Gasteiger charge is 2.24. The largest absolute Gasteiger partial charge is 0.480 e. The van der Waals surface area contributed by atoms with Crippen LogP contribution in [0.15, 0.2) is 0 Å². The van der Waals surface area contributed by atoms with Crippen LogP contribution in [0.3, 0.4) is 0 Å². The lowest BCUT2D eigenvalue weighted by Crippen LogP contribution is -2.43. The fraction of sp³-hybridized carbons (Fsp3) is 0.875. The Morgan fingerprint density at radius 1 is 1.00 bits per heavy atom. The predicted octanol–water partition coefficient (Wildman–Crippen LogP) is 3.75. The number of carbonyl (C=O) groups excluding carboxylic acids is 1. The molecule has 21 heavy (non-hydrogen) atoms. The van der Waals surface area contributed by atoms with Gasteiger partial charge in [-0.3, -0.25) is 4.79 Å². The van der Waals surface area contributed by atoms with Gasteiger partial charge in [-0.2, -0.15) is 12.6 Å². The van der Waals surface area contributed by atoms with E-state index < -0.39 is 12.0 Å². The zero-order chi connectivity index (χ0) is 16.1. The summed E-state index contributed by atoms with van der Waals surface area (Å²) in [4.78, 5) is 24.1. The van der Waals surface area contributed by atoms with E-state index in [1.807, 2.05) is 0 Å². The summed E-state index contributed by atoms with van der Waals surface area (Å²) in [6.45, 7) is 2.22. The van der Waals surface area contributed by atoms with E-state index in [0.717, 1.165) is 19.3 Å². The van der Waals surface area contributed by atoms with Crippen LogP contribution in [0.1, 0.15) is 71.1 Å². The molecule has 0 saturated heterocycles. The van der Waals surface area contributed by atoms with Gasteiger partial charge >= 0.3 is 5.97 Å². The van der Waals surface area contributed by atoms with E-state index in [4.69, 9.17) is 5.11 Å². The number of carboxylic acid groups (broad SMARTS) is 1. The number of aliphatic carboxylic acids is 1. The number of rotatable bonds is 13. The van der Waals surface area contributed by atoms with Crippen LogP contribution < -0.4 is 0 Å². The second kappa shape index (κ2) is 13.0. The van der Waals surface area contributed by atoms with Crippen molar-refractivity contribution >= 4 is 24.5 Å². The Labute approximate surface area is 134 Å². The maximum absolute atomic E-state index is 11.9.